The maximum atomic E-state index is 12.8. The van der Waals surface area contributed by atoms with Crippen LogP contribution in [0.2, 0.25) is 0 Å². The van der Waals surface area contributed by atoms with Crippen molar-refractivity contribution in [2.75, 3.05) is 26.3 Å². The highest BCUT2D eigenvalue weighted by Crippen LogP contribution is 2.32. The van der Waals surface area contributed by atoms with E-state index in [1.807, 2.05) is 35.2 Å². The molecule has 0 unspecified atom stereocenters. The summed E-state index contributed by atoms with van der Waals surface area (Å²) in [5.74, 6) is -0.465. The maximum Gasteiger partial charge on any atom is 0.273 e. The molecule has 1 spiro atoms. The second kappa shape index (κ2) is 5.34. The van der Waals surface area contributed by atoms with Crippen LogP contribution in [0.5, 0.6) is 0 Å². The number of hydrogen-bond donors (Lipinski definition) is 0. The van der Waals surface area contributed by atoms with Crippen molar-refractivity contribution in [3.05, 3.63) is 42.2 Å². The van der Waals surface area contributed by atoms with Gasteiger partial charge in [-0.3, -0.25) is 9.78 Å². The summed E-state index contributed by atoms with van der Waals surface area (Å²) in [6.45, 7) is 2.59. The Bertz CT molecular complexity index is 695. The van der Waals surface area contributed by atoms with E-state index in [-0.39, 0.29) is 5.91 Å². The first-order valence-corrected chi connectivity index (χ1v) is 7.68. The summed E-state index contributed by atoms with van der Waals surface area (Å²) in [6, 6.07) is 9.78. The highest BCUT2D eigenvalue weighted by molar-refractivity contribution is 6.05. The van der Waals surface area contributed by atoms with Gasteiger partial charge in [-0.1, -0.05) is 24.3 Å². The summed E-state index contributed by atoms with van der Waals surface area (Å²) in [7, 11) is 0. The molecular weight excluding hydrogens is 280 g/mol. The molecule has 0 aliphatic carbocycles. The van der Waals surface area contributed by atoms with Crippen LogP contribution in [0.15, 0.2) is 36.5 Å². The number of carbonyl (C=O) groups excluding carboxylic acids is 1. The minimum Gasteiger partial charge on any atom is -0.347 e. The maximum absolute atomic E-state index is 12.8. The highest BCUT2D eigenvalue weighted by atomic mass is 16.7. The van der Waals surface area contributed by atoms with Gasteiger partial charge in [-0.2, -0.15) is 0 Å². The Hall–Kier alpha value is -1.98. The number of rotatable bonds is 1. The molecule has 22 heavy (non-hydrogen) atoms. The van der Waals surface area contributed by atoms with E-state index in [1.54, 1.807) is 6.20 Å². The van der Waals surface area contributed by atoms with E-state index in [2.05, 4.69) is 4.98 Å². The number of ether oxygens (including phenoxy) is 2. The molecule has 2 fully saturated rings. The number of carbonyl (C=O) groups is 1. The number of likely N-dealkylation sites (tertiary alicyclic amines) is 1. The molecule has 2 saturated heterocycles. The molecule has 5 heteroatoms. The second-order valence-corrected chi connectivity index (χ2v) is 5.78. The second-order valence-electron chi connectivity index (χ2n) is 5.78. The van der Waals surface area contributed by atoms with E-state index in [9.17, 15) is 4.79 Å². The van der Waals surface area contributed by atoms with Crippen molar-refractivity contribution in [1.29, 1.82) is 0 Å². The first kappa shape index (κ1) is 13.7. The molecule has 3 heterocycles. The van der Waals surface area contributed by atoms with E-state index >= 15 is 0 Å². The molecule has 1 aromatic carbocycles. The average molecular weight is 298 g/mol. The van der Waals surface area contributed by atoms with Crippen LogP contribution < -0.4 is 0 Å². The summed E-state index contributed by atoms with van der Waals surface area (Å²) >= 11 is 0. The van der Waals surface area contributed by atoms with Gasteiger partial charge in [-0.15, -0.1) is 0 Å². The average Bonchev–Trinajstić information content (AvgIpc) is 3.02. The van der Waals surface area contributed by atoms with Gasteiger partial charge in [0.05, 0.1) is 13.2 Å². The lowest BCUT2D eigenvalue weighted by atomic mass is 10.0. The summed E-state index contributed by atoms with van der Waals surface area (Å²) in [5, 5.41) is 1.94. The van der Waals surface area contributed by atoms with Gasteiger partial charge in [0, 0.05) is 37.5 Å². The van der Waals surface area contributed by atoms with Crippen molar-refractivity contribution in [2.45, 2.75) is 18.6 Å². The van der Waals surface area contributed by atoms with Crippen molar-refractivity contribution in [1.82, 2.24) is 9.88 Å². The number of pyridine rings is 1. The Morgan fingerprint density at radius 1 is 1.09 bits per heavy atom. The fourth-order valence-corrected chi connectivity index (χ4v) is 3.28. The Labute approximate surface area is 128 Å². The zero-order chi connectivity index (χ0) is 15.0. The van der Waals surface area contributed by atoms with Crippen LogP contribution in [0.1, 0.15) is 23.3 Å². The molecule has 5 nitrogen and oxygen atoms in total. The number of aromatic nitrogens is 1. The van der Waals surface area contributed by atoms with Gasteiger partial charge in [0.2, 0.25) is 0 Å². The topological polar surface area (TPSA) is 51.7 Å². The number of fused-ring (bicyclic) bond motifs is 1. The van der Waals surface area contributed by atoms with Crippen molar-refractivity contribution in [3.63, 3.8) is 0 Å². The molecule has 0 N–H and O–H groups in total. The fourth-order valence-electron chi connectivity index (χ4n) is 3.28. The molecular formula is C17H18N2O3. The molecule has 0 radical (unpaired) electrons. The van der Waals surface area contributed by atoms with E-state index in [4.69, 9.17) is 9.47 Å². The van der Waals surface area contributed by atoms with Crippen LogP contribution in [0, 0.1) is 0 Å². The summed E-state index contributed by atoms with van der Waals surface area (Å²) in [4.78, 5) is 19.0. The van der Waals surface area contributed by atoms with E-state index in [1.165, 1.54) is 0 Å². The minimum absolute atomic E-state index is 0.00959. The van der Waals surface area contributed by atoms with Crippen molar-refractivity contribution >= 4 is 16.7 Å². The van der Waals surface area contributed by atoms with Gasteiger partial charge in [0.1, 0.15) is 5.69 Å². The van der Waals surface area contributed by atoms with Gasteiger partial charge >= 0.3 is 0 Å². The fraction of sp³-hybridized carbons (Fsp3) is 0.412. The Kier molecular flexibility index (Phi) is 3.32. The van der Waals surface area contributed by atoms with Gasteiger partial charge in [-0.25, -0.2) is 0 Å². The standard InChI is InChI=1S/C17H18N2O3/c20-16(15-14-4-2-1-3-13(14)5-8-18-15)19-9-6-17(7-10-19)21-11-12-22-17/h1-5,8H,6-7,9-12H2. The zero-order valence-corrected chi connectivity index (χ0v) is 12.3. The third-order valence-corrected chi connectivity index (χ3v) is 4.50. The molecule has 114 valence electrons. The lowest BCUT2D eigenvalue weighted by Crippen LogP contribution is -2.47. The monoisotopic (exact) mass is 298 g/mol. The first-order valence-electron chi connectivity index (χ1n) is 7.68. The molecule has 2 aliphatic heterocycles. The van der Waals surface area contributed by atoms with Crippen LogP contribution >= 0.6 is 0 Å². The van der Waals surface area contributed by atoms with Crippen molar-refractivity contribution < 1.29 is 14.3 Å². The SMILES string of the molecule is O=C(c1nccc2ccccc12)N1CCC2(CC1)OCCO2. The van der Waals surface area contributed by atoms with Crippen LogP contribution in [-0.4, -0.2) is 47.9 Å². The van der Waals surface area contributed by atoms with Gasteiger partial charge in [0.25, 0.3) is 5.91 Å². The van der Waals surface area contributed by atoms with Crippen LogP contribution in [0.25, 0.3) is 10.8 Å². The molecule has 2 aromatic rings. The van der Waals surface area contributed by atoms with Crippen molar-refractivity contribution in [3.8, 4) is 0 Å². The van der Waals surface area contributed by atoms with Crippen molar-refractivity contribution in [2.24, 2.45) is 0 Å². The quantitative estimate of drug-likeness (QED) is 0.810. The zero-order valence-electron chi connectivity index (χ0n) is 12.3. The highest BCUT2D eigenvalue weighted by Gasteiger charge is 2.41. The van der Waals surface area contributed by atoms with E-state index in [0.29, 0.717) is 32.0 Å². The third kappa shape index (κ3) is 2.26. The van der Waals surface area contributed by atoms with Gasteiger partial charge < -0.3 is 14.4 Å². The van der Waals surface area contributed by atoms with E-state index < -0.39 is 5.79 Å². The van der Waals surface area contributed by atoms with Crippen LogP contribution in [0.3, 0.4) is 0 Å². The summed E-state index contributed by atoms with van der Waals surface area (Å²) in [5.41, 5.74) is 0.530. The molecule has 2 aliphatic rings. The number of benzene rings is 1. The summed E-state index contributed by atoms with van der Waals surface area (Å²) in [6.07, 6.45) is 3.15. The number of hydrogen-bond acceptors (Lipinski definition) is 4. The minimum atomic E-state index is -0.455. The Morgan fingerprint density at radius 3 is 2.59 bits per heavy atom. The Morgan fingerprint density at radius 2 is 1.82 bits per heavy atom. The normalized spacial score (nSPS) is 20.6. The smallest absolute Gasteiger partial charge is 0.273 e. The molecule has 0 atom stereocenters. The van der Waals surface area contributed by atoms with E-state index in [0.717, 1.165) is 23.6 Å². The summed E-state index contributed by atoms with van der Waals surface area (Å²) < 4.78 is 11.4. The lowest BCUT2D eigenvalue weighted by Gasteiger charge is -2.37. The molecule has 1 amide bonds. The third-order valence-electron chi connectivity index (χ3n) is 4.50. The van der Waals surface area contributed by atoms with Crippen LogP contribution in [-0.2, 0) is 9.47 Å². The first-order chi connectivity index (χ1) is 10.8. The predicted octanol–water partition coefficient (Wildman–Crippen LogP) is 2.21. The van der Waals surface area contributed by atoms with Gasteiger partial charge in [-0.05, 0) is 11.5 Å². The predicted molar refractivity (Wildman–Crippen MR) is 81.5 cm³/mol. The molecule has 4 rings (SSSR count). The number of nitrogens with zero attached hydrogens (tertiary/aromatic N) is 2. The van der Waals surface area contributed by atoms with Crippen LogP contribution in [0.4, 0.5) is 0 Å². The molecule has 0 saturated carbocycles. The Balaban J connectivity index is 1.57. The lowest BCUT2D eigenvalue weighted by molar-refractivity contribution is -0.181. The molecule has 0 bridgehead atoms. The number of amides is 1. The number of piperidine rings is 1. The van der Waals surface area contributed by atoms with Gasteiger partial charge in [0.15, 0.2) is 5.79 Å². The molecule has 1 aromatic heterocycles. The largest absolute Gasteiger partial charge is 0.347 e.